The van der Waals surface area contributed by atoms with Crippen LogP contribution in [0.4, 0.5) is 34.1 Å². The van der Waals surface area contributed by atoms with Crippen LogP contribution in [0.1, 0.15) is 0 Å². The SMILES string of the molecule is c1ccc(N(c2cccc(Oc3cccc4c(Oc5cccc(N(c6ccccc6)c6cc7ccccc7c7ccccc67)c5)cccc34)c2)c2cc3ccccc3c3ccccc23)cc1. The van der Waals surface area contributed by atoms with Crippen molar-refractivity contribution in [1.82, 2.24) is 0 Å². The summed E-state index contributed by atoms with van der Waals surface area (Å²) >= 11 is 0. The summed E-state index contributed by atoms with van der Waals surface area (Å²) in [5.74, 6) is 2.94. The van der Waals surface area contributed by atoms with Crippen molar-refractivity contribution in [2.45, 2.75) is 0 Å². The van der Waals surface area contributed by atoms with E-state index in [9.17, 15) is 0 Å². The van der Waals surface area contributed by atoms with Gasteiger partial charge in [0.25, 0.3) is 0 Å². The number of para-hydroxylation sites is 2. The van der Waals surface area contributed by atoms with E-state index in [0.29, 0.717) is 0 Å². The van der Waals surface area contributed by atoms with Gasteiger partial charge in [-0.05, 0) is 105 Å². The van der Waals surface area contributed by atoms with E-state index in [1.165, 1.54) is 43.1 Å². The number of ether oxygens (including phenoxy) is 2. The van der Waals surface area contributed by atoms with Crippen molar-refractivity contribution in [2.75, 3.05) is 9.80 Å². The zero-order chi connectivity index (χ0) is 43.8. The first-order valence-corrected chi connectivity index (χ1v) is 22.3. The molecule has 0 radical (unpaired) electrons. The van der Waals surface area contributed by atoms with Crippen molar-refractivity contribution in [2.24, 2.45) is 0 Å². The summed E-state index contributed by atoms with van der Waals surface area (Å²) in [5.41, 5.74) is 6.29. The molecular formula is C62H42N2O2. The summed E-state index contributed by atoms with van der Waals surface area (Å²) in [4.78, 5) is 4.65. The fourth-order valence-electron chi connectivity index (χ4n) is 9.50. The highest BCUT2D eigenvalue weighted by Gasteiger charge is 2.20. The molecule has 4 heteroatoms. The molecule has 4 nitrogen and oxygen atoms in total. The molecule has 0 amide bonds. The molecule has 0 aliphatic carbocycles. The second kappa shape index (κ2) is 16.7. The van der Waals surface area contributed by atoms with Gasteiger partial charge in [-0.25, -0.2) is 0 Å². The number of hydrogen-bond donors (Lipinski definition) is 0. The van der Waals surface area contributed by atoms with Gasteiger partial charge < -0.3 is 19.3 Å². The molecular weight excluding hydrogens is 805 g/mol. The highest BCUT2D eigenvalue weighted by molar-refractivity contribution is 6.16. The Morgan fingerprint density at radius 3 is 1.00 bits per heavy atom. The topological polar surface area (TPSA) is 24.9 Å². The smallest absolute Gasteiger partial charge is 0.135 e. The van der Waals surface area contributed by atoms with Crippen molar-refractivity contribution in [3.8, 4) is 23.0 Å². The van der Waals surface area contributed by atoms with Crippen LogP contribution in [0, 0.1) is 0 Å². The number of anilines is 6. The van der Waals surface area contributed by atoms with Gasteiger partial charge in [0.2, 0.25) is 0 Å². The van der Waals surface area contributed by atoms with Crippen LogP contribution < -0.4 is 19.3 Å². The van der Waals surface area contributed by atoms with Crippen LogP contribution in [-0.2, 0) is 0 Å². The quantitative estimate of drug-likeness (QED) is 0.128. The third kappa shape index (κ3) is 7.08. The lowest BCUT2D eigenvalue weighted by Gasteiger charge is -2.28. The van der Waals surface area contributed by atoms with Crippen LogP contribution in [0.25, 0.3) is 53.9 Å². The molecule has 0 aromatic heterocycles. The molecule has 0 N–H and O–H groups in total. The molecule has 0 unspecified atom stereocenters. The molecule has 312 valence electrons. The second-order valence-corrected chi connectivity index (χ2v) is 16.5. The van der Waals surface area contributed by atoms with Crippen molar-refractivity contribution in [3.63, 3.8) is 0 Å². The van der Waals surface area contributed by atoms with Gasteiger partial charge >= 0.3 is 0 Å². The second-order valence-electron chi connectivity index (χ2n) is 16.5. The van der Waals surface area contributed by atoms with E-state index in [-0.39, 0.29) is 0 Å². The number of hydrogen-bond acceptors (Lipinski definition) is 4. The summed E-state index contributed by atoms with van der Waals surface area (Å²) in [5, 5.41) is 11.5. The first kappa shape index (κ1) is 38.8. The fraction of sp³-hybridized carbons (Fsp3) is 0. The van der Waals surface area contributed by atoms with Crippen LogP contribution in [0.3, 0.4) is 0 Å². The molecule has 66 heavy (non-hydrogen) atoms. The molecule has 0 fully saturated rings. The fourth-order valence-corrected chi connectivity index (χ4v) is 9.50. The average Bonchev–Trinajstić information content (AvgIpc) is 3.38. The maximum atomic E-state index is 6.84. The minimum absolute atomic E-state index is 0.729. The van der Waals surface area contributed by atoms with Crippen LogP contribution in [0.15, 0.2) is 255 Å². The molecule has 0 saturated carbocycles. The standard InChI is InChI=1S/C62H42N2O2/c1-3-21-45(22-4-1)63(59-39-43-19-7-9-29-51(43)53-31-11-13-33-55(53)59)47-25-15-27-49(41-47)65-61-37-17-36-58-57(61)35-18-38-62(58)66-50-28-16-26-48(42-50)64(46-23-5-2-6-24-46)60-40-44-20-8-10-30-52(44)54-32-12-14-34-56(54)60/h1-42H. The predicted molar refractivity (Wildman–Crippen MR) is 276 cm³/mol. The van der Waals surface area contributed by atoms with Crippen molar-refractivity contribution >= 4 is 88.0 Å². The minimum Gasteiger partial charge on any atom is -0.457 e. The van der Waals surface area contributed by atoms with Crippen molar-refractivity contribution < 1.29 is 9.47 Å². The molecule has 0 spiro atoms. The Morgan fingerprint density at radius 1 is 0.227 bits per heavy atom. The first-order valence-electron chi connectivity index (χ1n) is 22.3. The monoisotopic (exact) mass is 846 g/mol. The average molecular weight is 847 g/mol. The lowest BCUT2D eigenvalue weighted by Crippen LogP contribution is -2.10. The maximum absolute atomic E-state index is 6.84. The maximum Gasteiger partial charge on any atom is 0.135 e. The summed E-state index contributed by atoms with van der Waals surface area (Å²) in [6.07, 6.45) is 0. The van der Waals surface area contributed by atoms with E-state index >= 15 is 0 Å². The Balaban J connectivity index is 0.901. The Hall–Kier alpha value is -8.86. The number of rotatable bonds is 10. The third-order valence-electron chi connectivity index (χ3n) is 12.5. The van der Waals surface area contributed by atoms with E-state index in [4.69, 9.17) is 9.47 Å². The molecule has 0 aliphatic heterocycles. The van der Waals surface area contributed by atoms with Crippen LogP contribution >= 0.6 is 0 Å². The third-order valence-corrected chi connectivity index (χ3v) is 12.5. The summed E-state index contributed by atoms with van der Waals surface area (Å²) in [7, 11) is 0. The largest absolute Gasteiger partial charge is 0.457 e. The van der Waals surface area contributed by atoms with Crippen LogP contribution in [-0.4, -0.2) is 0 Å². The van der Waals surface area contributed by atoms with Gasteiger partial charge in [-0.1, -0.05) is 170 Å². The Bertz CT molecular complexity index is 3490. The van der Waals surface area contributed by atoms with E-state index in [1.807, 2.05) is 36.4 Å². The zero-order valence-electron chi connectivity index (χ0n) is 36.0. The number of nitrogens with zero attached hydrogens (tertiary/aromatic N) is 2. The highest BCUT2D eigenvalue weighted by atomic mass is 16.5. The lowest BCUT2D eigenvalue weighted by atomic mass is 9.99. The summed E-state index contributed by atoms with van der Waals surface area (Å²) in [6, 6.07) is 89.2. The van der Waals surface area contributed by atoms with Gasteiger partial charge in [-0.3, -0.25) is 0 Å². The normalized spacial score (nSPS) is 11.3. The zero-order valence-corrected chi connectivity index (χ0v) is 36.0. The number of benzene rings is 12. The summed E-state index contributed by atoms with van der Waals surface area (Å²) < 4.78 is 13.7. The molecule has 0 bridgehead atoms. The Kier molecular flexibility index (Phi) is 9.81. The molecule has 12 aromatic rings. The molecule has 12 rings (SSSR count). The van der Waals surface area contributed by atoms with Gasteiger partial charge in [0.05, 0.1) is 11.4 Å². The van der Waals surface area contributed by atoms with Gasteiger partial charge in [0.1, 0.15) is 23.0 Å². The molecule has 0 atom stereocenters. The van der Waals surface area contributed by atoms with E-state index in [2.05, 4.69) is 228 Å². The summed E-state index contributed by atoms with van der Waals surface area (Å²) in [6.45, 7) is 0. The van der Waals surface area contributed by atoms with Gasteiger partial charge in [0.15, 0.2) is 0 Å². The molecule has 0 aliphatic rings. The predicted octanol–water partition coefficient (Wildman–Crippen LogP) is 18.0. The first-order chi connectivity index (χ1) is 32.7. The van der Waals surface area contributed by atoms with E-state index in [0.717, 1.165) is 67.9 Å². The molecule has 0 saturated heterocycles. The molecule has 12 aromatic carbocycles. The lowest BCUT2D eigenvalue weighted by molar-refractivity contribution is 0.483. The van der Waals surface area contributed by atoms with Crippen LogP contribution in [0.5, 0.6) is 23.0 Å². The Morgan fingerprint density at radius 2 is 0.561 bits per heavy atom. The Labute approximate surface area is 383 Å². The number of fused-ring (bicyclic) bond motifs is 7. The van der Waals surface area contributed by atoms with E-state index < -0.39 is 0 Å². The van der Waals surface area contributed by atoms with Gasteiger partial charge in [-0.2, -0.15) is 0 Å². The minimum atomic E-state index is 0.729. The van der Waals surface area contributed by atoms with Gasteiger partial charge in [-0.15, -0.1) is 0 Å². The van der Waals surface area contributed by atoms with Crippen LogP contribution in [0.2, 0.25) is 0 Å². The highest BCUT2D eigenvalue weighted by Crippen LogP contribution is 2.46. The van der Waals surface area contributed by atoms with Crippen molar-refractivity contribution in [3.05, 3.63) is 255 Å². The van der Waals surface area contributed by atoms with Gasteiger partial charge in [0, 0.05) is 56.4 Å². The molecule has 0 heterocycles. The van der Waals surface area contributed by atoms with E-state index in [1.54, 1.807) is 0 Å². The van der Waals surface area contributed by atoms with Crippen molar-refractivity contribution in [1.29, 1.82) is 0 Å².